The van der Waals surface area contributed by atoms with Crippen LogP contribution in [0.4, 0.5) is 5.88 Å². The molecule has 0 aliphatic carbocycles. The second-order valence-corrected chi connectivity index (χ2v) is 3.62. The molecule has 0 aromatic carbocycles. The van der Waals surface area contributed by atoms with Crippen molar-refractivity contribution in [3.05, 3.63) is 35.7 Å². The van der Waals surface area contributed by atoms with Crippen molar-refractivity contribution in [1.82, 2.24) is 4.98 Å². The Bertz CT molecular complexity index is 516. The summed E-state index contributed by atoms with van der Waals surface area (Å²) in [7, 11) is 0. The lowest BCUT2D eigenvalue weighted by Gasteiger charge is -1.96. The summed E-state index contributed by atoms with van der Waals surface area (Å²) in [6.07, 6.45) is 2.75. The summed E-state index contributed by atoms with van der Waals surface area (Å²) in [6, 6.07) is 3.67. The molecule has 2 aromatic heterocycles. The Balaban J connectivity index is 2.02. The van der Waals surface area contributed by atoms with Crippen LogP contribution in [0, 0.1) is 0 Å². The molecule has 0 saturated heterocycles. The van der Waals surface area contributed by atoms with Crippen LogP contribution in [0.5, 0.6) is 0 Å². The molecule has 0 unspecified atom stereocenters. The van der Waals surface area contributed by atoms with Crippen molar-refractivity contribution < 1.29 is 18.4 Å². The first kappa shape index (κ1) is 12.2. The molecule has 6 nitrogen and oxygen atoms in total. The Morgan fingerprint density at radius 3 is 3.00 bits per heavy atom. The molecule has 0 bridgehead atoms. The van der Waals surface area contributed by atoms with Gasteiger partial charge in [0.2, 0.25) is 11.6 Å². The molecule has 2 aromatic rings. The number of aryl methyl sites for hydroxylation is 2. The topological polar surface area (TPSA) is 91.5 Å². The standard InChI is InChI=1S/C12H14N2O4/c1-2-16-12(15)10-11(13)18-9(14-10)6-5-8-4-3-7-17-8/h3-4,7H,2,5-6,13H2,1H3. The van der Waals surface area contributed by atoms with Gasteiger partial charge in [-0.25, -0.2) is 9.78 Å². The lowest BCUT2D eigenvalue weighted by molar-refractivity contribution is 0.0521. The Kier molecular flexibility index (Phi) is 3.66. The van der Waals surface area contributed by atoms with Gasteiger partial charge in [0.05, 0.1) is 12.9 Å². The number of nitrogens with zero attached hydrogens (tertiary/aromatic N) is 1. The molecule has 96 valence electrons. The zero-order valence-electron chi connectivity index (χ0n) is 10.0. The number of anilines is 1. The van der Waals surface area contributed by atoms with E-state index in [1.165, 1.54) is 0 Å². The minimum Gasteiger partial charge on any atom is -0.469 e. The number of rotatable bonds is 5. The van der Waals surface area contributed by atoms with Crippen LogP contribution in [0.1, 0.15) is 29.1 Å². The summed E-state index contributed by atoms with van der Waals surface area (Å²) in [6.45, 7) is 1.98. The minimum atomic E-state index is -0.567. The fraction of sp³-hybridized carbons (Fsp3) is 0.333. The lowest BCUT2D eigenvalue weighted by atomic mass is 10.2. The normalized spacial score (nSPS) is 10.5. The maximum Gasteiger partial charge on any atom is 0.362 e. The third kappa shape index (κ3) is 2.71. The molecule has 18 heavy (non-hydrogen) atoms. The second kappa shape index (κ2) is 5.39. The first-order valence-corrected chi connectivity index (χ1v) is 5.65. The van der Waals surface area contributed by atoms with Gasteiger partial charge in [0.1, 0.15) is 5.76 Å². The molecule has 2 rings (SSSR count). The first-order valence-electron chi connectivity index (χ1n) is 5.65. The highest BCUT2D eigenvalue weighted by Crippen LogP contribution is 2.16. The van der Waals surface area contributed by atoms with Gasteiger partial charge in [-0.3, -0.25) is 0 Å². The molecule has 0 atom stereocenters. The van der Waals surface area contributed by atoms with Crippen LogP contribution in [-0.4, -0.2) is 17.6 Å². The Morgan fingerprint density at radius 1 is 1.50 bits per heavy atom. The fourth-order valence-corrected chi connectivity index (χ4v) is 1.52. The molecule has 0 spiro atoms. The van der Waals surface area contributed by atoms with Gasteiger partial charge in [-0.2, -0.15) is 0 Å². The van der Waals surface area contributed by atoms with Gasteiger partial charge in [0.25, 0.3) is 0 Å². The number of carbonyl (C=O) groups excluding carboxylic acids is 1. The number of hydrogen-bond acceptors (Lipinski definition) is 6. The SMILES string of the molecule is CCOC(=O)c1nc(CCc2ccco2)oc1N. The number of esters is 1. The van der Waals surface area contributed by atoms with Crippen molar-refractivity contribution in [2.24, 2.45) is 0 Å². The molecule has 0 fully saturated rings. The van der Waals surface area contributed by atoms with Crippen molar-refractivity contribution in [1.29, 1.82) is 0 Å². The molecular weight excluding hydrogens is 236 g/mol. The van der Waals surface area contributed by atoms with Gasteiger partial charge < -0.3 is 19.3 Å². The number of furan rings is 1. The minimum absolute atomic E-state index is 0.0112. The van der Waals surface area contributed by atoms with Crippen LogP contribution in [0.3, 0.4) is 0 Å². The summed E-state index contributed by atoms with van der Waals surface area (Å²) in [4.78, 5) is 15.5. The second-order valence-electron chi connectivity index (χ2n) is 3.62. The van der Waals surface area contributed by atoms with E-state index in [9.17, 15) is 4.79 Å². The number of oxazole rings is 1. The zero-order chi connectivity index (χ0) is 13.0. The fourth-order valence-electron chi connectivity index (χ4n) is 1.52. The maximum absolute atomic E-state index is 11.5. The number of aromatic nitrogens is 1. The van der Waals surface area contributed by atoms with Crippen molar-refractivity contribution in [3.63, 3.8) is 0 Å². The number of carbonyl (C=O) groups is 1. The third-order valence-electron chi connectivity index (χ3n) is 2.33. The van der Waals surface area contributed by atoms with E-state index in [-0.39, 0.29) is 18.2 Å². The quantitative estimate of drug-likeness (QED) is 0.813. The molecule has 0 aliphatic heterocycles. The van der Waals surface area contributed by atoms with E-state index in [2.05, 4.69) is 4.98 Å². The third-order valence-corrected chi connectivity index (χ3v) is 2.33. The monoisotopic (exact) mass is 250 g/mol. The molecule has 2 N–H and O–H groups in total. The van der Waals surface area contributed by atoms with Crippen molar-refractivity contribution >= 4 is 11.9 Å². The van der Waals surface area contributed by atoms with Gasteiger partial charge in [-0.05, 0) is 19.1 Å². The van der Waals surface area contributed by atoms with Crippen LogP contribution in [0.15, 0.2) is 27.2 Å². The van der Waals surface area contributed by atoms with Crippen LogP contribution in [0.25, 0.3) is 0 Å². The summed E-state index contributed by atoms with van der Waals surface area (Å²) < 4.78 is 15.2. The van der Waals surface area contributed by atoms with Gasteiger partial charge in [0.15, 0.2) is 5.89 Å². The van der Waals surface area contributed by atoms with Gasteiger partial charge >= 0.3 is 5.97 Å². The van der Waals surface area contributed by atoms with E-state index in [0.717, 1.165) is 5.76 Å². The first-order chi connectivity index (χ1) is 8.70. The zero-order valence-corrected chi connectivity index (χ0v) is 10.0. The number of ether oxygens (including phenoxy) is 1. The number of nitrogens with two attached hydrogens (primary N) is 1. The molecule has 2 heterocycles. The highest BCUT2D eigenvalue weighted by atomic mass is 16.5. The predicted molar refractivity (Wildman–Crippen MR) is 63.0 cm³/mol. The highest BCUT2D eigenvalue weighted by molar-refractivity contribution is 5.91. The lowest BCUT2D eigenvalue weighted by Crippen LogP contribution is -2.07. The Hall–Kier alpha value is -2.24. The van der Waals surface area contributed by atoms with E-state index < -0.39 is 5.97 Å². The van der Waals surface area contributed by atoms with Crippen molar-refractivity contribution in [2.45, 2.75) is 19.8 Å². The van der Waals surface area contributed by atoms with Crippen LogP contribution < -0.4 is 5.73 Å². The largest absolute Gasteiger partial charge is 0.469 e. The molecule has 6 heteroatoms. The van der Waals surface area contributed by atoms with Crippen LogP contribution >= 0.6 is 0 Å². The average molecular weight is 250 g/mol. The van der Waals surface area contributed by atoms with Gasteiger partial charge in [-0.1, -0.05) is 0 Å². The van der Waals surface area contributed by atoms with Gasteiger partial charge in [-0.15, -0.1) is 0 Å². The van der Waals surface area contributed by atoms with E-state index in [4.69, 9.17) is 19.3 Å². The molecule has 0 aliphatic rings. The molecule has 0 amide bonds. The maximum atomic E-state index is 11.5. The highest BCUT2D eigenvalue weighted by Gasteiger charge is 2.19. The Morgan fingerprint density at radius 2 is 2.33 bits per heavy atom. The van der Waals surface area contributed by atoms with Gasteiger partial charge in [0, 0.05) is 12.8 Å². The number of nitrogen functional groups attached to an aromatic ring is 1. The van der Waals surface area contributed by atoms with Crippen molar-refractivity contribution in [2.75, 3.05) is 12.3 Å². The molecule has 0 saturated carbocycles. The van der Waals surface area contributed by atoms with E-state index >= 15 is 0 Å². The summed E-state index contributed by atoms with van der Waals surface area (Å²) in [5.41, 5.74) is 5.60. The smallest absolute Gasteiger partial charge is 0.362 e. The average Bonchev–Trinajstić information content (AvgIpc) is 2.96. The van der Waals surface area contributed by atoms with E-state index in [0.29, 0.717) is 18.7 Å². The summed E-state index contributed by atoms with van der Waals surface area (Å²) >= 11 is 0. The van der Waals surface area contributed by atoms with E-state index in [1.54, 1.807) is 13.2 Å². The summed E-state index contributed by atoms with van der Waals surface area (Å²) in [5, 5.41) is 0. The predicted octanol–water partition coefficient (Wildman–Crippen LogP) is 1.81. The Labute approximate surface area is 104 Å². The van der Waals surface area contributed by atoms with Crippen LogP contribution in [0.2, 0.25) is 0 Å². The van der Waals surface area contributed by atoms with Crippen LogP contribution in [-0.2, 0) is 17.6 Å². The van der Waals surface area contributed by atoms with Crippen molar-refractivity contribution in [3.8, 4) is 0 Å². The molecule has 0 radical (unpaired) electrons. The summed E-state index contributed by atoms with van der Waals surface area (Å²) in [5.74, 6) is 0.641. The molecular formula is C12H14N2O4. The number of hydrogen-bond donors (Lipinski definition) is 1. The van der Waals surface area contributed by atoms with E-state index in [1.807, 2.05) is 12.1 Å².